The molecule has 0 aliphatic rings. The van der Waals surface area contributed by atoms with Gasteiger partial charge in [0.05, 0.1) is 9.52 Å². The summed E-state index contributed by atoms with van der Waals surface area (Å²) >= 11 is 0. The van der Waals surface area contributed by atoms with E-state index in [-0.39, 0.29) is 53.7 Å². The van der Waals surface area contributed by atoms with E-state index in [1.54, 1.807) is 0 Å². The standard InChI is InChI=1S/C8H14O4Si.2C4H9.2Ti/c1-8(2,3)13-5(7(11)12)4-6(9)10;2*1-4(2)3;;/h4H,13H2,1-3H3,(H,9,10)(H,11,12);2*1-3H3;;/q;2*-1;;/b5-4+;;;;. The van der Waals surface area contributed by atoms with Crippen molar-refractivity contribution >= 4 is 21.5 Å². The first-order valence-corrected chi connectivity index (χ1v) is 8.30. The quantitative estimate of drug-likeness (QED) is 0.422. The summed E-state index contributed by atoms with van der Waals surface area (Å²) in [6.45, 7) is 18.2. The maximum absolute atomic E-state index is 10.6. The number of carboxylic acid groups (broad SMARTS) is 2. The van der Waals surface area contributed by atoms with Crippen LogP contribution in [-0.2, 0) is 53.0 Å². The molecule has 0 saturated carbocycles. The van der Waals surface area contributed by atoms with E-state index < -0.39 is 21.5 Å². The minimum Gasteiger partial charge on any atom is -0.478 e. The summed E-state index contributed by atoms with van der Waals surface area (Å²) in [5, 5.41) is 17.1. The molecule has 7 heteroatoms. The van der Waals surface area contributed by atoms with Gasteiger partial charge in [-0.2, -0.15) is 41.5 Å². The van der Waals surface area contributed by atoms with Gasteiger partial charge in [-0.05, 0) is 5.04 Å². The molecule has 0 aromatic heterocycles. The largest absolute Gasteiger partial charge is 0.478 e. The minimum atomic E-state index is -1.19. The Hall–Kier alpha value is 0.325. The van der Waals surface area contributed by atoms with Gasteiger partial charge in [0.25, 0.3) is 0 Å². The van der Waals surface area contributed by atoms with Gasteiger partial charge in [-0.3, -0.25) is 0 Å². The normalized spacial score (nSPS) is 10.8. The molecule has 0 radical (unpaired) electrons. The van der Waals surface area contributed by atoms with Crippen LogP contribution in [0, 0.1) is 11.8 Å². The summed E-state index contributed by atoms with van der Waals surface area (Å²) < 4.78 is 0. The van der Waals surface area contributed by atoms with Crippen LogP contribution in [-0.4, -0.2) is 31.7 Å². The van der Waals surface area contributed by atoms with Crippen LogP contribution in [0.2, 0.25) is 5.04 Å². The van der Waals surface area contributed by atoms with Crippen LogP contribution in [0.25, 0.3) is 0 Å². The van der Waals surface area contributed by atoms with Crippen molar-refractivity contribution in [2.75, 3.05) is 0 Å². The second kappa shape index (κ2) is 18.7. The molecule has 23 heavy (non-hydrogen) atoms. The molecule has 4 nitrogen and oxygen atoms in total. The van der Waals surface area contributed by atoms with E-state index in [1.165, 1.54) is 11.8 Å². The SMILES string of the molecule is CC(C)(C)[SiH2]/C(=C/C(=O)O)C(=O)O.C[C-](C)C.C[C-](C)C.[Ti].[Ti]. The van der Waals surface area contributed by atoms with E-state index >= 15 is 0 Å². The fourth-order valence-corrected chi connectivity index (χ4v) is 2.48. The van der Waals surface area contributed by atoms with Crippen molar-refractivity contribution in [1.29, 1.82) is 0 Å². The zero-order valence-electron chi connectivity index (χ0n) is 16.0. The molecule has 0 saturated heterocycles. The Morgan fingerprint density at radius 3 is 1.26 bits per heavy atom. The van der Waals surface area contributed by atoms with E-state index in [1.807, 2.05) is 20.8 Å². The van der Waals surface area contributed by atoms with E-state index in [9.17, 15) is 9.59 Å². The third kappa shape index (κ3) is 51.9. The molecule has 0 aliphatic heterocycles. The minimum absolute atomic E-state index is 0. The smallest absolute Gasteiger partial charge is 0.328 e. The van der Waals surface area contributed by atoms with E-state index in [2.05, 4.69) is 41.5 Å². The number of carboxylic acids is 2. The number of rotatable bonds is 3. The van der Waals surface area contributed by atoms with Crippen molar-refractivity contribution < 1.29 is 63.2 Å². The van der Waals surface area contributed by atoms with Gasteiger partial charge in [-0.15, -0.1) is 0 Å². The Balaban J connectivity index is -0.0000000909. The Bertz CT molecular complexity index is 324. The zero-order chi connectivity index (χ0) is 17.8. The fourth-order valence-electron chi connectivity index (χ4n) is 0.909. The summed E-state index contributed by atoms with van der Waals surface area (Å²) in [4.78, 5) is 20.9. The van der Waals surface area contributed by atoms with Crippen molar-refractivity contribution in [2.45, 2.75) is 67.4 Å². The Labute approximate surface area is 174 Å². The molecule has 0 bridgehead atoms. The molecular weight excluding hydrogens is 380 g/mol. The van der Waals surface area contributed by atoms with Crippen molar-refractivity contribution in [2.24, 2.45) is 0 Å². The Kier molecular flexibility index (Phi) is 28.1. The van der Waals surface area contributed by atoms with Crippen LogP contribution in [0.3, 0.4) is 0 Å². The predicted molar refractivity (Wildman–Crippen MR) is 92.1 cm³/mol. The van der Waals surface area contributed by atoms with Gasteiger partial charge < -0.3 is 22.0 Å². The summed E-state index contributed by atoms with van der Waals surface area (Å²) in [5.41, 5.74) is 0. The summed E-state index contributed by atoms with van der Waals surface area (Å²) in [7, 11) is -1.05. The first-order valence-electron chi connectivity index (χ1n) is 6.89. The van der Waals surface area contributed by atoms with Crippen LogP contribution < -0.4 is 0 Å². The molecule has 134 valence electrons. The predicted octanol–water partition coefficient (Wildman–Crippen LogP) is 3.66. The van der Waals surface area contributed by atoms with E-state index in [4.69, 9.17) is 10.2 Å². The zero-order valence-corrected chi connectivity index (χ0v) is 20.5. The topological polar surface area (TPSA) is 74.6 Å². The molecule has 0 aromatic rings. The van der Waals surface area contributed by atoms with Crippen LogP contribution in [0.5, 0.6) is 0 Å². The molecule has 0 aliphatic carbocycles. The molecule has 0 unspecified atom stereocenters. The first-order chi connectivity index (χ1) is 9.19. The Morgan fingerprint density at radius 1 is 0.870 bits per heavy atom. The molecule has 0 aromatic carbocycles. The van der Waals surface area contributed by atoms with E-state index in [0.29, 0.717) is 0 Å². The van der Waals surface area contributed by atoms with Gasteiger partial charge in [-0.1, -0.05) is 20.8 Å². The van der Waals surface area contributed by atoms with Crippen molar-refractivity contribution in [1.82, 2.24) is 0 Å². The molecule has 0 atom stereocenters. The molecular formula is C16H32O4SiTi2-2. The first kappa shape index (κ1) is 34.6. The Morgan fingerprint density at radius 2 is 1.13 bits per heavy atom. The van der Waals surface area contributed by atoms with Gasteiger partial charge >= 0.3 is 11.9 Å². The number of aliphatic carboxylic acids is 2. The van der Waals surface area contributed by atoms with Crippen LogP contribution >= 0.6 is 0 Å². The van der Waals surface area contributed by atoms with Crippen LogP contribution in [0.4, 0.5) is 0 Å². The maximum Gasteiger partial charge on any atom is 0.328 e. The average molecular weight is 412 g/mol. The van der Waals surface area contributed by atoms with Crippen molar-refractivity contribution in [3.63, 3.8) is 0 Å². The number of carbonyl (C=O) groups is 2. The van der Waals surface area contributed by atoms with Crippen molar-refractivity contribution in [3.05, 3.63) is 23.1 Å². The van der Waals surface area contributed by atoms with Gasteiger partial charge in [-0.25, -0.2) is 9.59 Å². The van der Waals surface area contributed by atoms with Gasteiger partial charge in [0.1, 0.15) is 0 Å². The van der Waals surface area contributed by atoms with Crippen LogP contribution in [0.15, 0.2) is 11.3 Å². The van der Waals surface area contributed by atoms with Gasteiger partial charge in [0, 0.05) is 54.7 Å². The summed E-state index contributed by atoms with van der Waals surface area (Å²) in [5.74, 6) is 0.540. The fraction of sp³-hybridized carbons (Fsp3) is 0.625. The third-order valence-electron chi connectivity index (χ3n) is 1.29. The second-order valence-electron chi connectivity index (χ2n) is 7.05. The maximum atomic E-state index is 10.6. The summed E-state index contributed by atoms with van der Waals surface area (Å²) in [6, 6.07) is 0. The number of hydrogen-bond acceptors (Lipinski definition) is 2. The number of hydrogen-bond donors (Lipinski definition) is 2. The van der Waals surface area contributed by atoms with Crippen LogP contribution in [0.1, 0.15) is 62.3 Å². The molecule has 2 N–H and O–H groups in total. The van der Waals surface area contributed by atoms with Gasteiger partial charge in [0.2, 0.25) is 0 Å². The third-order valence-corrected chi connectivity index (χ3v) is 3.24. The molecule has 0 rings (SSSR count). The summed E-state index contributed by atoms with van der Waals surface area (Å²) in [6.07, 6.45) is 0.805. The monoisotopic (exact) mass is 412 g/mol. The van der Waals surface area contributed by atoms with E-state index in [0.717, 1.165) is 6.08 Å². The molecule has 0 amide bonds. The molecule has 0 spiro atoms. The van der Waals surface area contributed by atoms with Gasteiger partial charge in [0.15, 0.2) is 0 Å². The molecule has 0 fully saturated rings. The molecule has 0 heterocycles. The van der Waals surface area contributed by atoms with Crippen molar-refractivity contribution in [3.8, 4) is 0 Å². The average Bonchev–Trinajstić information content (AvgIpc) is 2.10. The second-order valence-corrected chi connectivity index (χ2v) is 10.3.